The largest absolute Gasteiger partial charge is 0.457 e. The number of nitrogens with zero attached hydrogens (tertiary/aromatic N) is 3. The van der Waals surface area contributed by atoms with E-state index in [-0.39, 0.29) is 17.9 Å². The topological polar surface area (TPSA) is 95.2 Å². The molecule has 0 aliphatic rings. The van der Waals surface area contributed by atoms with Crippen LogP contribution in [0.15, 0.2) is 36.7 Å². The van der Waals surface area contributed by atoms with Crippen LogP contribution in [0.4, 0.5) is 5.69 Å². The molecule has 1 aromatic carbocycles. The molecule has 0 atom stereocenters. The number of carbonyl (C=O) groups is 1. The number of nitro groups is 1. The van der Waals surface area contributed by atoms with E-state index in [1.807, 2.05) is 22.6 Å². The molecule has 0 spiro atoms. The van der Waals surface area contributed by atoms with E-state index in [1.165, 1.54) is 36.7 Å². The van der Waals surface area contributed by atoms with E-state index in [9.17, 15) is 14.9 Å². The van der Waals surface area contributed by atoms with Gasteiger partial charge in [-0.05, 0) is 17.7 Å². The number of esters is 1. The number of hydrogen-bond donors (Lipinski definition) is 0. The highest BCUT2D eigenvalue weighted by Crippen LogP contribution is 2.13. The summed E-state index contributed by atoms with van der Waals surface area (Å²) in [5, 5.41) is 10.5. The Morgan fingerprint density at radius 2 is 1.85 bits per heavy atom. The normalized spacial score (nSPS) is 10.1. The molecular weight excluding hydrogens is 377 g/mol. The molecule has 0 amide bonds. The van der Waals surface area contributed by atoms with Crippen molar-refractivity contribution in [2.75, 3.05) is 0 Å². The van der Waals surface area contributed by atoms with Crippen molar-refractivity contribution >= 4 is 34.2 Å². The third kappa shape index (κ3) is 3.70. The lowest BCUT2D eigenvalue weighted by Crippen LogP contribution is -2.06. The van der Waals surface area contributed by atoms with Crippen LogP contribution >= 0.6 is 22.6 Å². The van der Waals surface area contributed by atoms with Gasteiger partial charge in [-0.3, -0.25) is 10.1 Å². The minimum Gasteiger partial charge on any atom is -0.457 e. The van der Waals surface area contributed by atoms with E-state index in [0.29, 0.717) is 9.39 Å². The number of ether oxygens (including phenoxy) is 1. The lowest BCUT2D eigenvalue weighted by molar-refractivity contribution is -0.384. The van der Waals surface area contributed by atoms with Gasteiger partial charge in [0.15, 0.2) is 3.83 Å². The van der Waals surface area contributed by atoms with Crippen LogP contribution in [0.5, 0.6) is 0 Å². The average molecular weight is 385 g/mol. The maximum atomic E-state index is 11.7. The Labute approximate surface area is 127 Å². The number of hydrogen-bond acceptors (Lipinski definition) is 6. The van der Waals surface area contributed by atoms with E-state index in [4.69, 9.17) is 4.74 Å². The van der Waals surface area contributed by atoms with Crippen molar-refractivity contribution in [3.8, 4) is 0 Å². The van der Waals surface area contributed by atoms with Gasteiger partial charge < -0.3 is 4.74 Å². The van der Waals surface area contributed by atoms with Crippen LogP contribution in [-0.4, -0.2) is 20.9 Å². The van der Waals surface area contributed by atoms with Crippen molar-refractivity contribution in [3.05, 3.63) is 61.7 Å². The minimum absolute atomic E-state index is 0.00823. The SMILES string of the molecule is O=C(OCc1ccc([N+](=O)[O-])cc1)c1cnc(I)nc1. The highest BCUT2D eigenvalue weighted by atomic mass is 127. The van der Waals surface area contributed by atoms with Crippen molar-refractivity contribution in [2.45, 2.75) is 6.61 Å². The number of benzene rings is 1. The zero-order valence-corrected chi connectivity index (χ0v) is 12.2. The zero-order valence-electron chi connectivity index (χ0n) is 10.0. The first-order valence-electron chi connectivity index (χ1n) is 5.44. The Hall–Kier alpha value is -2.10. The van der Waals surface area contributed by atoms with Crippen LogP contribution in [-0.2, 0) is 11.3 Å². The summed E-state index contributed by atoms with van der Waals surface area (Å²) in [5.74, 6) is -0.542. The molecule has 0 aliphatic carbocycles. The summed E-state index contributed by atoms with van der Waals surface area (Å²) in [5.41, 5.74) is 0.911. The Bertz CT molecular complexity index is 628. The smallest absolute Gasteiger partial charge is 0.341 e. The van der Waals surface area contributed by atoms with Crippen LogP contribution < -0.4 is 0 Å². The first-order chi connectivity index (χ1) is 9.56. The van der Waals surface area contributed by atoms with Gasteiger partial charge in [-0.1, -0.05) is 0 Å². The Morgan fingerprint density at radius 3 is 2.40 bits per heavy atom. The van der Waals surface area contributed by atoms with Crippen molar-refractivity contribution in [1.82, 2.24) is 9.97 Å². The van der Waals surface area contributed by atoms with Gasteiger partial charge in [0.1, 0.15) is 6.61 Å². The van der Waals surface area contributed by atoms with Gasteiger partial charge in [-0.15, -0.1) is 0 Å². The molecule has 2 aromatic rings. The molecule has 0 saturated heterocycles. The average Bonchev–Trinajstić information content (AvgIpc) is 2.46. The second kappa shape index (κ2) is 6.37. The van der Waals surface area contributed by atoms with Crippen LogP contribution in [0.1, 0.15) is 15.9 Å². The van der Waals surface area contributed by atoms with Gasteiger partial charge in [0.2, 0.25) is 0 Å². The molecule has 1 heterocycles. The van der Waals surface area contributed by atoms with Gasteiger partial charge in [0.05, 0.1) is 10.5 Å². The van der Waals surface area contributed by atoms with Crippen LogP contribution in [0.2, 0.25) is 0 Å². The fourth-order valence-corrected chi connectivity index (χ4v) is 1.64. The lowest BCUT2D eigenvalue weighted by Gasteiger charge is -2.04. The number of halogens is 1. The zero-order chi connectivity index (χ0) is 14.5. The first kappa shape index (κ1) is 14.3. The maximum absolute atomic E-state index is 11.7. The van der Waals surface area contributed by atoms with Gasteiger partial charge in [0, 0.05) is 47.1 Å². The highest BCUT2D eigenvalue weighted by molar-refractivity contribution is 14.1. The molecular formula is C12H8IN3O4. The summed E-state index contributed by atoms with van der Waals surface area (Å²) >= 11 is 1.93. The number of nitro benzene ring substituents is 1. The summed E-state index contributed by atoms with van der Waals surface area (Å²) in [4.78, 5) is 29.5. The van der Waals surface area contributed by atoms with Crippen molar-refractivity contribution in [3.63, 3.8) is 0 Å². The summed E-state index contributed by atoms with van der Waals surface area (Å²) in [6, 6.07) is 5.79. The Kier molecular flexibility index (Phi) is 4.56. The molecule has 0 fully saturated rings. The first-order valence-corrected chi connectivity index (χ1v) is 6.52. The molecule has 1 aromatic heterocycles. The monoisotopic (exact) mass is 385 g/mol. The Morgan fingerprint density at radius 1 is 1.25 bits per heavy atom. The Balaban J connectivity index is 1.96. The van der Waals surface area contributed by atoms with Gasteiger partial charge >= 0.3 is 5.97 Å². The number of aromatic nitrogens is 2. The molecule has 0 N–H and O–H groups in total. The van der Waals surface area contributed by atoms with Gasteiger partial charge in [0.25, 0.3) is 5.69 Å². The molecule has 2 rings (SSSR count). The van der Waals surface area contributed by atoms with Gasteiger partial charge in [-0.25, -0.2) is 14.8 Å². The third-order valence-electron chi connectivity index (χ3n) is 2.37. The lowest BCUT2D eigenvalue weighted by atomic mass is 10.2. The van der Waals surface area contributed by atoms with E-state index in [0.717, 1.165) is 0 Å². The number of non-ortho nitro benzene ring substituents is 1. The maximum Gasteiger partial charge on any atom is 0.341 e. The molecule has 7 nitrogen and oxygen atoms in total. The quantitative estimate of drug-likeness (QED) is 0.264. The van der Waals surface area contributed by atoms with E-state index < -0.39 is 10.9 Å². The molecule has 20 heavy (non-hydrogen) atoms. The summed E-state index contributed by atoms with van der Waals surface area (Å²) < 4.78 is 5.60. The van der Waals surface area contributed by atoms with E-state index >= 15 is 0 Å². The van der Waals surface area contributed by atoms with Crippen LogP contribution in [0, 0.1) is 13.9 Å². The predicted octanol–water partition coefficient (Wildman–Crippen LogP) is 2.35. The third-order valence-corrected chi connectivity index (χ3v) is 2.93. The fourth-order valence-electron chi connectivity index (χ4n) is 1.36. The van der Waals surface area contributed by atoms with Crippen LogP contribution in [0.3, 0.4) is 0 Å². The molecule has 0 aliphatic heterocycles. The summed E-state index contributed by atoms with van der Waals surface area (Å²) in [7, 11) is 0. The minimum atomic E-state index is -0.542. The van der Waals surface area contributed by atoms with Crippen molar-refractivity contribution in [2.24, 2.45) is 0 Å². The van der Waals surface area contributed by atoms with Gasteiger partial charge in [-0.2, -0.15) is 0 Å². The van der Waals surface area contributed by atoms with Crippen molar-refractivity contribution < 1.29 is 14.5 Å². The molecule has 0 radical (unpaired) electrons. The fraction of sp³-hybridized carbons (Fsp3) is 0.0833. The molecule has 0 bridgehead atoms. The summed E-state index contributed by atoms with van der Waals surface area (Å²) in [6.07, 6.45) is 2.76. The van der Waals surface area contributed by atoms with E-state index in [1.54, 1.807) is 0 Å². The number of carbonyl (C=O) groups excluding carboxylic acids is 1. The predicted molar refractivity (Wildman–Crippen MR) is 77.0 cm³/mol. The summed E-state index contributed by atoms with van der Waals surface area (Å²) in [6.45, 7) is 0.0306. The molecule has 0 saturated carbocycles. The van der Waals surface area contributed by atoms with Crippen LogP contribution in [0.25, 0.3) is 0 Å². The highest BCUT2D eigenvalue weighted by Gasteiger charge is 2.09. The number of rotatable bonds is 4. The molecule has 102 valence electrons. The standard InChI is InChI=1S/C12H8IN3O4/c13-12-14-5-9(6-15-12)11(17)20-7-8-1-3-10(4-2-8)16(18)19/h1-6H,7H2. The second-order valence-electron chi connectivity index (χ2n) is 3.74. The molecule has 0 unspecified atom stereocenters. The van der Waals surface area contributed by atoms with Crippen molar-refractivity contribution in [1.29, 1.82) is 0 Å². The van der Waals surface area contributed by atoms with E-state index in [2.05, 4.69) is 9.97 Å². The second-order valence-corrected chi connectivity index (χ2v) is 4.71. The molecule has 8 heteroatoms.